The van der Waals surface area contributed by atoms with Crippen molar-refractivity contribution >= 4 is 27.5 Å². The van der Waals surface area contributed by atoms with E-state index in [4.69, 9.17) is 16.3 Å². The largest absolute Gasteiger partial charge is 0.491 e. The zero-order valence-electron chi connectivity index (χ0n) is 17.2. The molecule has 0 bridgehead atoms. The number of carbonyl (C=O) groups excluding carboxylic acids is 1. The summed E-state index contributed by atoms with van der Waals surface area (Å²) in [4.78, 5) is 12.7. The summed E-state index contributed by atoms with van der Waals surface area (Å²) in [6.45, 7) is 5.75. The number of ether oxygens (including phenoxy) is 1. The highest BCUT2D eigenvalue weighted by molar-refractivity contribution is 7.89. The van der Waals surface area contributed by atoms with Gasteiger partial charge in [0, 0.05) is 13.1 Å². The predicted octanol–water partition coefficient (Wildman–Crippen LogP) is 4.06. The van der Waals surface area contributed by atoms with Crippen molar-refractivity contribution in [2.75, 3.05) is 26.2 Å². The molecule has 1 aliphatic heterocycles. The number of para-hydroxylation sites is 1. The van der Waals surface area contributed by atoms with E-state index in [1.165, 1.54) is 22.5 Å². The molecule has 2 aromatic rings. The number of halogens is 1. The minimum absolute atomic E-state index is 0.0843. The van der Waals surface area contributed by atoms with Gasteiger partial charge in [0.2, 0.25) is 10.0 Å². The smallest absolute Gasteiger partial charge is 0.252 e. The summed E-state index contributed by atoms with van der Waals surface area (Å²) in [5.41, 5.74) is 1.24. The van der Waals surface area contributed by atoms with E-state index in [0.717, 1.165) is 24.2 Å². The van der Waals surface area contributed by atoms with E-state index in [0.29, 0.717) is 25.6 Å². The second-order valence-electron chi connectivity index (χ2n) is 7.55. The summed E-state index contributed by atoms with van der Waals surface area (Å²) < 4.78 is 32.8. The third-order valence-electron chi connectivity index (χ3n) is 5.07. The van der Waals surface area contributed by atoms with E-state index in [1.54, 1.807) is 0 Å². The van der Waals surface area contributed by atoms with Crippen LogP contribution in [0.1, 0.15) is 48.5 Å². The van der Waals surface area contributed by atoms with Crippen LogP contribution in [0.3, 0.4) is 0 Å². The maximum Gasteiger partial charge on any atom is 0.252 e. The third kappa shape index (κ3) is 5.14. The van der Waals surface area contributed by atoms with Crippen LogP contribution in [0.2, 0.25) is 5.02 Å². The molecule has 1 N–H and O–H groups in total. The van der Waals surface area contributed by atoms with Gasteiger partial charge in [-0.1, -0.05) is 43.6 Å². The average Bonchev–Trinajstić information content (AvgIpc) is 3.27. The van der Waals surface area contributed by atoms with Crippen molar-refractivity contribution < 1.29 is 17.9 Å². The first-order chi connectivity index (χ1) is 14.3. The minimum atomic E-state index is -3.62. The van der Waals surface area contributed by atoms with Gasteiger partial charge >= 0.3 is 0 Å². The highest BCUT2D eigenvalue weighted by Gasteiger charge is 2.28. The quantitative estimate of drug-likeness (QED) is 0.615. The second-order valence-corrected chi connectivity index (χ2v) is 9.89. The van der Waals surface area contributed by atoms with Crippen molar-refractivity contribution in [1.29, 1.82) is 0 Å². The summed E-state index contributed by atoms with van der Waals surface area (Å²) >= 11 is 6.16. The molecule has 1 aliphatic rings. The lowest BCUT2D eigenvalue weighted by molar-refractivity contribution is 0.0947. The Balaban J connectivity index is 1.63. The molecular formula is C22H27ClN2O4S. The lowest BCUT2D eigenvalue weighted by atomic mass is 10.0. The van der Waals surface area contributed by atoms with E-state index >= 15 is 0 Å². The second kappa shape index (κ2) is 9.81. The Morgan fingerprint density at radius 3 is 2.57 bits per heavy atom. The minimum Gasteiger partial charge on any atom is -0.491 e. The molecule has 0 aliphatic carbocycles. The average molecular weight is 451 g/mol. The van der Waals surface area contributed by atoms with Gasteiger partial charge < -0.3 is 10.1 Å². The molecule has 30 heavy (non-hydrogen) atoms. The maximum atomic E-state index is 12.8. The number of hydrogen-bond donors (Lipinski definition) is 1. The third-order valence-corrected chi connectivity index (χ3v) is 7.30. The SMILES string of the molecule is CC(C)c1ccccc1OCCNC(=O)c1cc(S(=O)(=O)N2CCCC2)ccc1Cl. The molecule has 1 fully saturated rings. The van der Waals surface area contributed by atoms with Crippen molar-refractivity contribution in [1.82, 2.24) is 9.62 Å². The van der Waals surface area contributed by atoms with Crippen LogP contribution < -0.4 is 10.1 Å². The molecule has 1 heterocycles. The van der Waals surface area contributed by atoms with Crippen LogP contribution in [0.4, 0.5) is 0 Å². The number of rotatable bonds is 8. The highest BCUT2D eigenvalue weighted by atomic mass is 35.5. The van der Waals surface area contributed by atoms with Gasteiger partial charge in [-0.3, -0.25) is 4.79 Å². The summed E-state index contributed by atoms with van der Waals surface area (Å²) in [5, 5.41) is 2.96. The molecule has 0 atom stereocenters. The summed E-state index contributed by atoms with van der Waals surface area (Å²) in [7, 11) is -3.62. The molecule has 0 aromatic heterocycles. The fourth-order valence-corrected chi connectivity index (χ4v) is 5.17. The topological polar surface area (TPSA) is 75.7 Å². The van der Waals surface area contributed by atoms with Crippen LogP contribution in [0.15, 0.2) is 47.4 Å². The van der Waals surface area contributed by atoms with Gasteiger partial charge in [-0.2, -0.15) is 4.31 Å². The molecule has 1 saturated heterocycles. The zero-order chi connectivity index (χ0) is 21.7. The number of benzene rings is 2. The number of nitrogens with one attached hydrogen (secondary N) is 1. The van der Waals surface area contributed by atoms with Gasteiger partial charge in [-0.05, 0) is 48.6 Å². The van der Waals surface area contributed by atoms with E-state index < -0.39 is 15.9 Å². The predicted molar refractivity (Wildman–Crippen MR) is 118 cm³/mol. The Labute approximate surface area is 183 Å². The van der Waals surface area contributed by atoms with Crippen LogP contribution in [-0.4, -0.2) is 44.9 Å². The molecule has 2 aromatic carbocycles. The van der Waals surface area contributed by atoms with Crippen molar-refractivity contribution in [3.05, 3.63) is 58.6 Å². The Kier molecular flexibility index (Phi) is 7.39. The molecule has 162 valence electrons. The van der Waals surface area contributed by atoms with Crippen molar-refractivity contribution in [2.45, 2.75) is 37.5 Å². The fourth-order valence-electron chi connectivity index (χ4n) is 3.43. The molecule has 6 nitrogen and oxygen atoms in total. The Hall–Kier alpha value is -2.09. The number of hydrogen-bond acceptors (Lipinski definition) is 4. The Bertz CT molecular complexity index is 1000. The van der Waals surface area contributed by atoms with Crippen LogP contribution in [0.5, 0.6) is 5.75 Å². The molecule has 0 unspecified atom stereocenters. The van der Waals surface area contributed by atoms with E-state index in [-0.39, 0.29) is 22.0 Å². The first kappa shape index (κ1) is 22.6. The molecule has 3 rings (SSSR count). The van der Waals surface area contributed by atoms with Crippen molar-refractivity contribution in [3.63, 3.8) is 0 Å². The van der Waals surface area contributed by atoms with Gasteiger partial charge in [0.15, 0.2) is 0 Å². The molecule has 0 saturated carbocycles. The standard InChI is InChI=1S/C22H27ClN2O4S/c1-16(2)18-7-3-4-8-21(18)29-14-11-24-22(26)19-15-17(9-10-20(19)23)30(27,28)25-12-5-6-13-25/h3-4,7-10,15-16H,5-6,11-14H2,1-2H3,(H,24,26). The van der Waals surface area contributed by atoms with Gasteiger partial charge in [-0.25, -0.2) is 8.42 Å². The molecule has 1 amide bonds. The van der Waals surface area contributed by atoms with Crippen LogP contribution >= 0.6 is 11.6 Å². The lowest BCUT2D eigenvalue weighted by Gasteiger charge is -2.17. The molecule has 0 spiro atoms. The maximum absolute atomic E-state index is 12.8. The normalized spacial score (nSPS) is 14.8. The first-order valence-electron chi connectivity index (χ1n) is 10.1. The summed E-state index contributed by atoms with van der Waals surface area (Å²) in [6.07, 6.45) is 1.69. The van der Waals surface area contributed by atoms with Gasteiger partial charge in [0.05, 0.1) is 22.0 Å². The monoisotopic (exact) mass is 450 g/mol. The lowest BCUT2D eigenvalue weighted by Crippen LogP contribution is -2.30. The van der Waals surface area contributed by atoms with Crippen LogP contribution in [0.25, 0.3) is 0 Å². The van der Waals surface area contributed by atoms with Gasteiger partial charge in [-0.15, -0.1) is 0 Å². The number of sulfonamides is 1. The van der Waals surface area contributed by atoms with Gasteiger partial charge in [0.1, 0.15) is 12.4 Å². The van der Waals surface area contributed by atoms with Crippen molar-refractivity contribution in [3.8, 4) is 5.75 Å². The molecular weight excluding hydrogens is 424 g/mol. The van der Waals surface area contributed by atoms with E-state index in [2.05, 4.69) is 19.2 Å². The fraction of sp³-hybridized carbons (Fsp3) is 0.409. The van der Waals surface area contributed by atoms with E-state index in [1.807, 2.05) is 24.3 Å². The summed E-state index contributed by atoms with van der Waals surface area (Å²) in [6, 6.07) is 12.0. The Morgan fingerprint density at radius 2 is 1.87 bits per heavy atom. The number of amides is 1. The van der Waals surface area contributed by atoms with E-state index in [9.17, 15) is 13.2 Å². The van der Waals surface area contributed by atoms with Crippen molar-refractivity contribution in [2.24, 2.45) is 0 Å². The molecule has 8 heteroatoms. The van der Waals surface area contributed by atoms with Crippen LogP contribution in [-0.2, 0) is 10.0 Å². The zero-order valence-corrected chi connectivity index (χ0v) is 18.8. The summed E-state index contributed by atoms with van der Waals surface area (Å²) in [5.74, 6) is 0.688. The first-order valence-corrected chi connectivity index (χ1v) is 11.9. The van der Waals surface area contributed by atoms with Gasteiger partial charge in [0.25, 0.3) is 5.91 Å². The molecule has 0 radical (unpaired) electrons. The number of carbonyl (C=O) groups is 1. The highest BCUT2D eigenvalue weighted by Crippen LogP contribution is 2.26. The van der Waals surface area contributed by atoms with Crippen LogP contribution in [0, 0.1) is 0 Å². The number of nitrogens with zero attached hydrogens (tertiary/aromatic N) is 1. The Morgan fingerprint density at radius 1 is 1.17 bits per heavy atom.